The molecule has 0 radical (unpaired) electrons. The summed E-state index contributed by atoms with van der Waals surface area (Å²) in [5.41, 5.74) is 3.47. The van der Waals surface area contributed by atoms with Gasteiger partial charge in [-0.15, -0.1) is 0 Å². The molecule has 1 N–H and O–H groups in total. The molecule has 15 heavy (non-hydrogen) atoms. The van der Waals surface area contributed by atoms with E-state index in [9.17, 15) is 0 Å². The fourth-order valence-corrected chi connectivity index (χ4v) is 1.56. The van der Waals surface area contributed by atoms with Crippen LogP contribution in [0.1, 0.15) is 5.56 Å². The first-order chi connectivity index (χ1) is 7.29. The highest BCUT2D eigenvalue weighted by molar-refractivity contribution is 5.58. The number of imidazole rings is 1. The summed E-state index contributed by atoms with van der Waals surface area (Å²) < 4.78 is 1.96. The summed E-state index contributed by atoms with van der Waals surface area (Å²) in [6.45, 7) is 0.905. The average molecular weight is 201 g/mol. The lowest BCUT2D eigenvalue weighted by molar-refractivity contribution is 0.818. The molecule has 0 amide bonds. The number of benzene rings is 1. The van der Waals surface area contributed by atoms with Crippen LogP contribution in [0.25, 0.3) is 11.3 Å². The number of aromatic nitrogens is 2. The molecule has 3 nitrogen and oxygen atoms in total. The molecule has 0 fully saturated rings. The van der Waals surface area contributed by atoms with Crippen molar-refractivity contribution in [2.75, 3.05) is 7.05 Å². The molecule has 1 aromatic carbocycles. The third-order valence-corrected chi connectivity index (χ3v) is 2.34. The second-order valence-electron chi connectivity index (χ2n) is 3.65. The highest BCUT2D eigenvalue weighted by Gasteiger charge is 2.00. The fraction of sp³-hybridized carbons (Fsp3) is 0.250. The van der Waals surface area contributed by atoms with Gasteiger partial charge in [-0.05, 0) is 12.6 Å². The van der Waals surface area contributed by atoms with Gasteiger partial charge in [0.25, 0.3) is 0 Å². The standard InChI is InChI=1S/C12H15N3/c1-13-7-10-3-5-11(6-4-10)12-8-15(2)9-14-12/h3-6,8-9,13H,7H2,1-2H3. The van der Waals surface area contributed by atoms with Crippen LogP contribution >= 0.6 is 0 Å². The Labute approximate surface area is 89.8 Å². The van der Waals surface area contributed by atoms with Gasteiger partial charge in [0, 0.05) is 25.4 Å². The molecule has 0 atom stereocenters. The van der Waals surface area contributed by atoms with E-state index in [4.69, 9.17) is 0 Å². The largest absolute Gasteiger partial charge is 0.340 e. The Bertz CT molecular complexity index is 428. The van der Waals surface area contributed by atoms with E-state index in [1.54, 1.807) is 0 Å². The normalized spacial score (nSPS) is 10.5. The van der Waals surface area contributed by atoms with Crippen molar-refractivity contribution >= 4 is 0 Å². The monoisotopic (exact) mass is 201 g/mol. The van der Waals surface area contributed by atoms with Crippen LogP contribution in [-0.4, -0.2) is 16.6 Å². The molecule has 0 aliphatic rings. The zero-order valence-electron chi connectivity index (χ0n) is 9.07. The van der Waals surface area contributed by atoms with E-state index >= 15 is 0 Å². The third kappa shape index (κ3) is 2.25. The SMILES string of the molecule is CNCc1ccc(-c2cn(C)cn2)cc1. The van der Waals surface area contributed by atoms with Crippen LogP contribution < -0.4 is 5.32 Å². The zero-order valence-corrected chi connectivity index (χ0v) is 9.07. The van der Waals surface area contributed by atoms with Crippen LogP contribution in [-0.2, 0) is 13.6 Å². The van der Waals surface area contributed by atoms with Crippen LogP contribution in [0.15, 0.2) is 36.8 Å². The van der Waals surface area contributed by atoms with E-state index in [-0.39, 0.29) is 0 Å². The number of nitrogens with zero attached hydrogens (tertiary/aromatic N) is 2. The molecule has 0 bridgehead atoms. The lowest BCUT2D eigenvalue weighted by Gasteiger charge is -2.01. The summed E-state index contributed by atoms with van der Waals surface area (Å²) in [5, 5.41) is 3.13. The molecule has 3 heteroatoms. The van der Waals surface area contributed by atoms with Gasteiger partial charge in [-0.1, -0.05) is 24.3 Å². The van der Waals surface area contributed by atoms with Crippen LogP contribution in [0, 0.1) is 0 Å². The van der Waals surface area contributed by atoms with E-state index in [0.29, 0.717) is 0 Å². The minimum Gasteiger partial charge on any atom is -0.340 e. The fourth-order valence-electron chi connectivity index (χ4n) is 1.56. The molecule has 0 saturated heterocycles. The zero-order chi connectivity index (χ0) is 10.7. The van der Waals surface area contributed by atoms with Gasteiger partial charge in [0.1, 0.15) is 0 Å². The van der Waals surface area contributed by atoms with Gasteiger partial charge in [-0.2, -0.15) is 0 Å². The summed E-state index contributed by atoms with van der Waals surface area (Å²) in [7, 11) is 3.93. The van der Waals surface area contributed by atoms with Gasteiger partial charge in [0.05, 0.1) is 12.0 Å². The van der Waals surface area contributed by atoms with Crippen LogP contribution in [0.5, 0.6) is 0 Å². The second kappa shape index (κ2) is 4.28. The Kier molecular flexibility index (Phi) is 2.83. The first-order valence-electron chi connectivity index (χ1n) is 5.01. The van der Waals surface area contributed by atoms with Crippen LogP contribution in [0.2, 0.25) is 0 Å². The van der Waals surface area contributed by atoms with E-state index < -0.39 is 0 Å². The average Bonchev–Trinajstić information content (AvgIpc) is 2.67. The van der Waals surface area contributed by atoms with E-state index in [1.807, 2.05) is 31.2 Å². The van der Waals surface area contributed by atoms with Gasteiger partial charge in [-0.25, -0.2) is 4.98 Å². The van der Waals surface area contributed by atoms with E-state index in [0.717, 1.165) is 17.8 Å². The van der Waals surface area contributed by atoms with Crippen LogP contribution in [0.3, 0.4) is 0 Å². The number of hydrogen-bond acceptors (Lipinski definition) is 2. The Morgan fingerprint density at radius 3 is 2.53 bits per heavy atom. The summed E-state index contributed by atoms with van der Waals surface area (Å²) in [6, 6.07) is 8.46. The van der Waals surface area contributed by atoms with Crippen molar-refractivity contribution in [2.24, 2.45) is 7.05 Å². The van der Waals surface area contributed by atoms with Gasteiger partial charge >= 0.3 is 0 Å². The lowest BCUT2D eigenvalue weighted by Crippen LogP contribution is -2.04. The smallest absolute Gasteiger partial charge is 0.0951 e. The number of hydrogen-bond donors (Lipinski definition) is 1. The van der Waals surface area contributed by atoms with Crippen molar-refractivity contribution in [1.82, 2.24) is 14.9 Å². The quantitative estimate of drug-likeness (QED) is 0.820. The third-order valence-electron chi connectivity index (χ3n) is 2.34. The molecule has 2 aromatic rings. The Hall–Kier alpha value is -1.61. The van der Waals surface area contributed by atoms with Crippen molar-refractivity contribution in [2.45, 2.75) is 6.54 Å². The predicted octanol–water partition coefficient (Wildman–Crippen LogP) is 1.81. The van der Waals surface area contributed by atoms with Gasteiger partial charge in [-0.3, -0.25) is 0 Å². The lowest BCUT2D eigenvalue weighted by atomic mass is 10.1. The van der Waals surface area contributed by atoms with Gasteiger partial charge in [0.2, 0.25) is 0 Å². The Morgan fingerprint density at radius 2 is 2.00 bits per heavy atom. The van der Waals surface area contributed by atoms with E-state index in [2.05, 4.69) is 34.6 Å². The minimum atomic E-state index is 0.905. The maximum Gasteiger partial charge on any atom is 0.0951 e. The summed E-state index contributed by atoms with van der Waals surface area (Å²) in [4.78, 5) is 4.31. The second-order valence-corrected chi connectivity index (χ2v) is 3.65. The molecular weight excluding hydrogens is 186 g/mol. The molecule has 1 heterocycles. The minimum absolute atomic E-state index is 0.905. The highest BCUT2D eigenvalue weighted by Crippen LogP contribution is 2.16. The highest BCUT2D eigenvalue weighted by atomic mass is 15.0. The molecule has 0 aliphatic carbocycles. The van der Waals surface area contributed by atoms with Crippen molar-refractivity contribution in [1.29, 1.82) is 0 Å². The Morgan fingerprint density at radius 1 is 1.27 bits per heavy atom. The predicted molar refractivity (Wildman–Crippen MR) is 61.4 cm³/mol. The van der Waals surface area contributed by atoms with Crippen molar-refractivity contribution in [3.05, 3.63) is 42.4 Å². The summed E-state index contributed by atoms with van der Waals surface area (Å²) >= 11 is 0. The number of aryl methyl sites for hydroxylation is 1. The summed E-state index contributed by atoms with van der Waals surface area (Å²) in [5.74, 6) is 0. The maximum absolute atomic E-state index is 4.31. The first kappa shape index (κ1) is 9.93. The molecule has 78 valence electrons. The maximum atomic E-state index is 4.31. The Balaban J connectivity index is 2.23. The first-order valence-corrected chi connectivity index (χ1v) is 5.01. The number of nitrogens with one attached hydrogen (secondary N) is 1. The van der Waals surface area contributed by atoms with Gasteiger partial charge in [0.15, 0.2) is 0 Å². The summed E-state index contributed by atoms with van der Waals surface area (Å²) in [6.07, 6.45) is 3.84. The molecule has 0 saturated carbocycles. The van der Waals surface area contributed by atoms with Gasteiger partial charge < -0.3 is 9.88 Å². The molecule has 0 unspecified atom stereocenters. The van der Waals surface area contributed by atoms with Crippen molar-refractivity contribution < 1.29 is 0 Å². The molecular formula is C12H15N3. The van der Waals surface area contributed by atoms with E-state index in [1.165, 1.54) is 5.56 Å². The number of rotatable bonds is 3. The topological polar surface area (TPSA) is 29.9 Å². The van der Waals surface area contributed by atoms with Crippen molar-refractivity contribution in [3.63, 3.8) is 0 Å². The molecule has 0 aliphatic heterocycles. The van der Waals surface area contributed by atoms with Crippen LogP contribution in [0.4, 0.5) is 0 Å². The molecule has 0 spiro atoms. The molecule has 2 rings (SSSR count). The van der Waals surface area contributed by atoms with Crippen molar-refractivity contribution in [3.8, 4) is 11.3 Å². The molecule has 1 aromatic heterocycles.